The minimum Gasteiger partial charge on any atom is -0.496 e. The molecule has 1 nitrogen and oxygen atoms in total. The zero-order valence-electron chi connectivity index (χ0n) is 8.71. The lowest BCUT2D eigenvalue weighted by Crippen LogP contribution is -1.88. The fraction of sp³-hybridized carbons (Fsp3) is 0.0769. The molecule has 0 bridgehead atoms. The van der Waals surface area contributed by atoms with Gasteiger partial charge >= 0.3 is 0 Å². The molecule has 82 valence electrons. The summed E-state index contributed by atoms with van der Waals surface area (Å²) in [6.45, 7) is 0. The Morgan fingerprint density at radius 1 is 1.12 bits per heavy atom. The fourth-order valence-corrected chi connectivity index (χ4v) is 1.66. The van der Waals surface area contributed by atoms with Crippen molar-refractivity contribution in [2.45, 2.75) is 0 Å². The van der Waals surface area contributed by atoms with E-state index >= 15 is 0 Å². The molecule has 0 saturated carbocycles. The van der Waals surface area contributed by atoms with E-state index in [2.05, 4.69) is 0 Å². The molecule has 0 heterocycles. The summed E-state index contributed by atoms with van der Waals surface area (Å²) in [5, 5.41) is 0.124. The Morgan fingerprint density at radius 3 is 2.56 bits per heavy atom. The number of rotatable bonds is 2. The molecule has 0 N–H and O–H groups in total. The van der Waals surface area contributed by atoms with Gasteiger partial charge in [-0.3, -0.25) is 0 Å². The second-order valence-electron chi connectivity index (χ2n) is 3.33. The van der Waals surface area contributed by atoms with Gasteiger partial charge in [0.05, 0.1) is 12.1 Å². The van der Waals surface area contributed by atoms with Crippen LogP contribution in [-0.2, 0) is 0 Å². The van der Waals surface area contributed by atoms with Gasteiger partial charge in [0.25, 0.3) is 0 Å². The number of hydrogen-bond donors (Lipinski definition) is 0. The molecule has 2 rings (SSSR count). The Balaban J connectivity index is 2.54. The van der Waals surface area contributed by atoms with Gasteiger partial charge in [0.2, 0.25) is 0 Å². The molecular weight excluding hydrogens is 227 g/mol. The number of para-hydroxylation sites is 1. The van der Waals surface area contributed by atoms with Gasteiger partial charge in [-0.15, -0.1) is 0 Å². The van der Waals surface area contributed by atoms with E-state index in [0.717, 1.165) is 11.1 Å². The van der Waals surface area contributed by atoms with Crippen LogP contribution in [0.1, 0.15) is 0 Å². The zero-order chi connectivity index (χ0) is 11.5. The highest BCUT2D eigenvalue weighted by molar-refractivity contribution is 6.30. The van der Waals surface area contributed by atoms with Crippen molar-refractivity contribution >= 4 is 11.6 Å². The first-order valence-electron chi connectivity index (χ1n) is 4.81. The van der Waals surface area contributed by atoms with Gasteiger partial charge in [0, 0.05) is 5.56 Å². The Morgan fingerprint density at radius 2 is 1.88 bits per heavy atom. The van der Waals surface area contributed by atoms with Crippen LogP contribution in [0.3, 0.4) is 0 Å². The Kier molecular flexibility index (Phi) is 3.11. The van der Waals surface area contributed by atoms with Crippen LogP contribution < -0.4 is 4.74 Å². The predicted molar refractivity (Wildman–Crippen MR) is 63.4 cm³/mol. The van der Waals surface area contributed by atoms with Gasteiger partial charge in [0.15, 0.2) is 0 Å². The average Bonchev–Trinajstić information content (AvgIpc) is 2.32. The SMILES string of the molecule is COc1ccccc1-c1ccc(Cl)c(F)c1. The van der Waals surface area contributed by atoms with E-state index in [0.29, 0.717) is 5.75 Å². The number of hydrogen-bond acceptors (Lipinski definition) is 1. The molecule has 3 heteroatoms. The highest BCUT2D eigenvalue weighted by Gasteiger charge is 2.07. The van der Waals surface area contributed by atoms with Crippen LogP contribution >= 0.6 is 11.6 Å². The number of benzene rings is 2. The maximum atomic E-state index is 13.3. The molecule has 2 aromatic carbocycles. The van der Waals surface area contributed by atoms with Gasteiger partial charge < -0.3 is 4.74 Å². The molecule has 0 radical (unpaired) electrons. The van der Waals surface area contributed by atoms with Crippen molar-refractivity contribution in [3.05, 3.63) is 53.3 Å². The van der Waals surface area contributed by atoms with Gasteiger partial charge in [-0.1, -0.05) is 35.9 Å². The van der Waals surface area contributed by atoms with Crippen LogP contribution in [-0.4, -0.2) is 7.11 Å². The molecule has 2 aromatic rings. The first-order valence-corrected chi connectivity index (χ1v) is 5.18. The van der Waals surface area contributed by atoms with E-state index in [1.54, 1.807) is 19.2 Å². The van der Waals surface area contributed by atoms with Crippen molar-refractivity contribution in [3.63, 3.8) is 0 Å². The van der Waals surface area contributed by atoms with Crippen molar-refractivity contribution < 1.29 is 9.13 Å². The Hall–Kier alpha value is -1.54. The Labute approximate surface area is 98.4 Å². The van der Waals surface area contributed by atoms with Crippen LogP contribution in [0.4, 0.5) is 4.39 Å². The van der Waals surface area contributed by atoms with Gasteiger partial charge in [-0.2, -0.15) is 0 Å². The van der Waals surface area contributed by atoms with Gasteiger partial charge in [0.1, 0.15) is 11.6 Å². The smallest absolute Gasteiger partial charge is 0.142 e. The van der Waals surface area contributed by atoms with Gasteiger partial charge in [-0.05, 0) is 23.8 Å². The monoisotopic (exact) mass is 236 g/mol. The van der Waals surface area contributed by atoms with Crippen molar-refractivity contribution in [2.75, 3.05) is 7.11 Å². The molecule has 0 unspecified atom stereocenters. The normalized spacial score (nSPS) is 10.2. The molecule has 0 aliphatic rings. The van der Waals surface area contributed by atoms with Crippen LogP contribution in [0.5, 0.6) is 5.75 Å². The minimum absolute atomic E-state index is 0.124. The molecule has 0 amide bonds. The number of halogens is 2. The maximum Gasteiger partial charge on any atom is 0.142 e. The Bertz CT molecular complexity index is 511. The third-order valence-electron chi connectivity index (χ3n) is 2.34. The van der Waals surface area contributed by atoms with E-state index in [1.807, 2.05) is 24.3 Å². The first-order chi connectivity index (χ1) is 7.72. The lowest BCUT2D eigenvalue weighted by Gasteiger charge is -2.08. The van der Waals surface area contributed by atoms with Crippen LogP contribution in [0.25, 0.3) is 11.1 Å². The van der Waals surface area contributed by atoms with Gasteiger partial charge in [-0.25, -0.2) is 4.39 Å². The summed E-state index contributed by atoms with van der Waals surface area (Å²) in [6.07, 6.45) is 0. The third kappa shape index (κ3) is 2.02. The summed E-state index contributed by atoms with van der Waals surface area (Å²) in [5.74, 6) is 0.286. The summed E-state index contributed by atoms with van der Waals surface area (Å²) in [6, 6.07) is 12.2. The molecule has 0 aromatic heterocycles. The molecule has 0 saturated heterocycles. The summed E-state index contributed by atoms with van der Waals surface area (Å²) in [5.41, 5.74) is 1.60. The summed E-state index contributed by atoms with van der Waals surface area (Å²) in [4.78, 5) is 0. The van der Waals surface area contributed by atoms with Crippen molar-refractivity contribution in [3.8, 4) is 16.9 Å². The predicted octanol–water partition coefficient (Wildman–Crippen LogP) is 4.15. The molecular formula is C13H10ClFO. The minimum atomic E-state index is -0.426. The quantitative estimate of drug-likeness (QED) is 0.761. The number of ether oxygens (including phenoxy) is 1. The molecule has 0 aliphatic heterocycles. The van der Waals surface area contributed by atoms with E-state index in [1.165, 1.54) is 6.07 Å². The van der Waals surface area contributed by atoms with Crippen LogP contribution in [0, 0.1) is 5.82 Å². The zero-order valence-corrected chi connectivity index (χ0v) is 9.46. The lowest BCUT2D eigenvalue weighted by molar-refractivity contribution is 0.416. The fourth-order valence-electron chi connectivity index (χ4n) is 1.55. The van der Waals surface area contributed by atoms with E-state index in [9.17, 15) is 4.39 Å². The van der Waals surface area contributed by atoms with Crippen molar-refractivity contribution in [1.82, 2.24) is 0 Å². The second kappa shape index (κ2) is 4.54. The van der Waals surface area contributed by atoms with Crippen LogP contribution in [0.15, 0.2) is 42.5 Å². The van der Waals surface area contributed by atoms with E-state index in [4.69, 9.17) is 16.3 Å². The van der Waals surface area contributed by atoms with E-state index < -0.39 is 5.82 Å². The maximum absolute atomic E-state index is 13.3. The molecule has 16 heavy (non-hydrogen) atoms. The highest BCUT2D eigenvalue weighted by atomic mass is 35.5. The summed E-state index contributed by atoms with van der Waals surface area (Å²) >= 11 is 5.64. The summed E-state index contributed by atoms with van der Waals surface area (Å²) < 4.78 is 18.5. The standard InChI is InChI=1S/C13H10ClFO/c1-16-13-5-3-2-4-10(13)9-6-7-11(14)12(15)8-9/h2-8H,1H3. The summed E-state index contributed by atoms with van der Waals surface area (Å²) in [7, 11) is 1.59. The molecule has 0 spiro atoms. The molecule has 0 aliphatic carbocycles. The topological polar surface area (TPSA) is 9.23 Å². The van der Waals surface area contributed by atoms with Crippen LogP contribution in [0.2, 0.25) is 5.02 Å². The molecule has 0 atom stereocenters. The highest BCUT2D eigenvalue weighted by Crippen LogP contribution is 2.31. The first kappa shape index (κ1) is 11.0. The van der Waals surface area contributed by atoms with E-state index in [-0.39, 0.29) is 5.02 Å². The second-order valence-corrected chi connectivity index (χ2v) is 3.74. The third-order valence-corrected chi connectivity index (χ3v) is 2.64. The average molecular weight is 237 g/mol. The largest absolute Gasteiger partial charge is 0.496 e. The number of methoxy groups -OCH3 is 1. The molecule has 0 fully saturated rings. The lowest BCUT2D eigenvalue weighted by atomic mass is 10.0. The van der Waals surface area contributed by atoms with Crippen molar-refractivity contribution in [1.29, 1.82) is 0 Å². The van der Waals surface area contributed by atoms with Crippen molar-refractivity contribution in [2.24, 2.45) is 0 Å².